The second kappa shape index (κ2) is 21.8. The number of nitrogens with two attached hydrogens (primary N) is 1. The highest BCUT2D eigenvalue weighted by Gasteiger charge is 2.21. The number of carbonyl (C=O) groups is 3. The van der Waals surface area contributed by atoms with E-state index in [9.17, 15) is 22.8 Å². The van der Waals surface area contributed by atoms with E-state index in [0.29, 0.717) is 27.9 Å². The summed E-state index contributed by atoms with van der Waals surface area (Å²) in [5, 5.41) is 12.0. The number of aldehydes is 1. The Morgan fingerprint density at radius 2 is 1.61 bits per heavy atom. The Hall–Kier alpha value is -3.89. The van der Waals surface area contributed by atoms with E-state index in [-0.39, 0.29) is 11.3 Å². The molecule has 2 aromatic carbocycles. The summed E-state index contributed by atoms with van der Waals surface area (Å²) in [6.45, 7) is 18.7. The Balaban J connectivity index is 0.000000729. The molecule has 0 saturated heterocycles. The zero-order valence-corrected chi connectivity index (χ0v) is 28.6. The number of carboxylic acid groups (broad SMARTS) is 1. The zero-order valence-electron chi connectivity index (χ0n) is 28.6. The molecule has 0 saturated carbocycles. The molecular formula is C36H50F3N3O4. The number of nitrogens with one attached hydrogen (secondary N) is 1. The van der Waals surface area contributed by atoms with Crippen LogP contribution in [0, 0.1) is 37.2 Å². The van der Waals surface area contributed by atoms with Gasteiger partial charge in [-0.3, -0.25) is 9.59 Å². The van der Waals surface area contributed by atoms with Gasteiger partial charge in [0.05, 0.1) is 12.1 Å². The van der Waals surface area contributed by atoms with Gasteiger partial charge in [0.1, 0.15) is 17.8 Å². The van der Waals surface area contributed by atoms with E-state index in [1.54, 1.807) is 19.9 Å². The van der Waals surface area contributed by atoms with Crippen molar-refractivity contribution in [3.63, 3.8) is 0 Å². The number of pyridine rings is 1. The Kier molecular flexibility index (Phi) is 19.9. The Morgan fingerprint density at radius 3 is 2.07 bits per heavy atom. The summed E-state index contributed by atoms with van der Waals surface area (Å²) in [6, 6.07) is 7.48. The van der Waals surface area contributed by atoms with Crippen LogP contribution in [0.2, 0.25) is 0 Å². The fourth-order valence-electron chi connectivity index (χ4n) is 4.62. The lowest BCUT2D eigenvalue weighted by atomic mass is 9.92. The quantitative estimate of drug-likeness (QED) is 0.174. The van der Waals surface area contributed by atoms with Gasteiger partial charge in [0.25, 0.3) is 0 Å². The van der Waals surface area contributed by atoms with Gasteiger partial charge in [0.15, 0.2) is 17.4 Å². The molecule has 0 spiro atoms. The Labute approximate surface area is 271 Å². The standard InChI is InChI=1S/C17H16F3NO2.C9H10N2O.C6H14.C2H4O.C2H6/c1-8-3-11(18)4-9(2)16(8)10-5-12(14(21)7-15(22)23)17(20)13(19)6-10;1-6(12)8-3-2-7-4-10-5-9(7)11-8;1-4-5-6(2)3;1-2-3;1-2/h3-6,14H,7,21H2,1-2H3,(H,22,23);2-3,10H,4-5H2,1H3;6H,4-5H2,1-3H3;2H,1H3;1-2H3. The van der Waals surface area contributed by atoms with Crippen molar-refractivity contribution in [2.45, 2.75) is 101 Å². The summed E-state index contributed by atoms with van der Waals surface area (Å²) in [5.74, 6) is -2.99. The van der Waals surface area contributed by atoms with Crippen molar-refractivity contribution in [1.82, 2.24) is 10.3 Å². The molecule has 1 unspecified atom stereocenters. The lowest BCUT2D eigenvalue weighted by Gasteiger charge is -2.16. The van der Waals surface area contributed by atoms with Gasteiger partial charge < -0.3 is 21.0 Å². The van der Waals surface area contributed by atoms with Crippen LogP contribution in [0.25, 0.3) is 11.1 Å². The molecule has 3 aromatic rings. The van der Waals surface area contributed by atoms with E-state index in [2.05, 4.69) is 31.1 Å². The molecule has 46 heavy (non-hydrogen) atoms. The van der Waals surface area contributed by atoms with Crippen LogP contribution in [-0.2, 0) is 22.7 Å². The number of carboxylic acids is 1. The number of aliphatic carboxylic acids is 1. The van der Waals surface area contributed by atoms with Gasteiger partial charge >= 0.3 is 5.97 Å². The molecule has 1 aromatic heterocycles. The molecule has 1 aliphatic rings. The van der Waals surface area contributed by atoms with Crippen molar-refractivity contribution in [3.05, 3.63) is 87.5 Å². The van der Waals surface area contributed by atoms with E-state index in [4.69, 9.17) is 15.6 Å². The largest absolute Gasteiger partial charge is 0.481 e. The van der Waals surface area contributed by atoms with Crippen LogP contribution in [0.5, 0.6) is 0 Å². The third-order valence-corrected chi connectivity index (χ3v) is 6.54. The second-order valence-electron chi connectivity index (χ2n) is 10.9. The first-order valence-electron chi connectivity index (χ1n) is 15.5. The van der Waals surface area contributed by atoms with Crippen LogP contribution in [-0.4, -0.2) is 28.1 Å². The lowest BCUT2D eigenvalue weighted by molar-refractivity contribution is -0.137. The third kappa shape index (κ3) is 14.0. The highest BCUT2D eigenvalue weighted by molar-refractivity contribution is 5.92. The molecular weight excluding hydrogens is 595 g/mol. The molecule has 2 heterocycles. The fraction of sp³-hybridized carbons (Fsp3) is 0.444. The van der Waals surface area contributed by atoms with Gasteiger partial charge in [-0.2, -0.15) is 0 Å². The SMILES string of the molecule is CC.CC(=O)c1ccc2c(n1)CNC2.CC=O.CCCC(C)C.Cc1cc(F)cc(C)c1-c1cc(F)c(F)c(C(N)CC(=O)O)c1. The van der Waals surface area contributed by atoms with Crippen LogP contribution in [0.3, 0.4) is 0 Å². The molecule has 0 bridgehead atoms. The molecule has 0 aliphatic carbocycles. The van der Waals surface area contributed by atoms with Crippen LogP contribution in [0.15, 0.2) is 36.4 Å². The van der Waals surface area contributed by atoms with E-state index in [1.807, 2.05) is 19.9 Å². The van der Waals surface area contributed by atoms with Crippen LogP contribution in [0.1, 0.15) is 112 Å². The molecule has 4 rings (SSSR count). The summed E-state index contributed by atoms with van der Waals surface area (Å²) < 4.78 is 41.3. The fourth-order valence-corrected chi connectivity index (χ4v) is 4.62. The molecule has 1 aliphatic heterocycles. The molecule has 7 nitrogen and oxygen atoms in total. The summed E-state index contributed by atoms with van der Waals surface area (Å²) in [4.78, 5) is 34.8. The van der Waals surface area contributed by atoms with Crippen LogP contribution < -0.4 is 11.1 Å². The van der Waals surface area contributed by atoms with Crippen molar-refractivity contribution in [2.75, 3.05) is 0 Å². The van der Waals surface area contributed by atoms with Crippen molar-refractivity contribution < 1.29 is 32.7 Å². The first kappa shape index (κ1) is 42.1. The minimum atomic E-state index is -1.21. The Morgan fingerprint density at radius 1 is 1.04 bits per heavy atom. The van der Waals surface area contributed by atoms with Gasteiger partial charge in [-0.05, 0) is 84.8 Å². The maximum absolute atomic E-state index is 14.0. The van der Waals surface area contributed by atoms with Crippen molar-refractivity contribution in [3.8, 4) is 11.1 Å². The number of hydrogen-bond acceptors (Lipinski definition) is 6. The highest BCUT2D eigenvalue weighted by Crippen LogP contribution is 2.32. The molecule has 254 valence electrons. The third-order valence-electron chi connectivity index (χ3n) is 6.54. The predicted octanol–water partition coefficient (Wildman–Crippen LogP) is 8.42. The molecule has 10 heteroatoms. The number of benzene rings is 2. The number of Topliss-reactive ketones (excluding diaryl/α,β-unsaturated/α-hetero) is 1. The van der Waals surface area contributed by atoms with Crippen molar-refractivity contribution in [1.29, 1.82) is 0 Å². The Bertz CT molecular complexity index is 1400. The molecule has 4 N–H and O–H groups in total. The first-order valence-corrected chi connectivity index (χ1v) is 15.5. The average molecular weight is 646 g/mol. The van der Waals surface area contributed by atoms with Gasteiger partial charge in [-0.1, -0.05) is 53.5 Å². The number of halogens is 3. The van der Waals surface area contributed by atoms with E-state index >= 15 is 0 Å². The molecule has 1 atom stereocenters. The maximum Gasteiger partial charge on any atom is 0.305 e. The van der Waals surface area contributed by atoms with Gasteiger partial charge in [0.2, 0.25) is 0 Å². The monoisotopic (exact) mass is 645 g/mol. The summed E-state index contributed by atoms with van der Waals surface area (Å²) in [6.07, 6.45) is 2.93. The number of nitrogens with zero attached hydrogens (tertiary/aromatic N) is 1. The maximum atomic E-state index is 14.0. The summed E-state index contributed by atoms with van der Waals surface area (Å²) in [5.41, 5.74) is 10.3. The van der Waals surface area contributed by atoms with Gasteiger partial charge in [-0.15, -0.1) is 0 Å². The van der Waals surface area contributed by atoms with E-state index < -0.39 is 35.9 Å². The zero-order chi connectivity index (χ0) is 35.6. The molecule has 0 fully saturated rings. The van der Waals surface area contributed by atoms with Gasteiger partial charge in [0, 0.05) is 31.6 Å². The molecule has 0 radical (unpaired) electrons. The van der Waals surface area contributed by atoms with E-state index in [0.717, 1.165) is 37.1 Å². The summed E-state index contributed by atoms with van der Waals surface area (Å²) >= 11 is 0. The first-order chi connectivity index (χ1) is 21.7. The van der Waals surface area contributed by atoms with Crippen LogP contribution in [0.4, 0.5) is 13.2 Å². The van der Waals surface area contributed by atoms with Crippen molar-refractivity contribution in [2.24, 2.45) is 11.7 Å². The summed E-state index contributed by atoms with van der Waals surface area (Å²) in [7, 11) is 0. The topological polar surface area (TPSA) is 122 Å². The number of aromatic nitrogens is 1. The minimum absolute atomic E-state index is 0.0321. The number of rotatable bonds is 7. The van der Waals surface area contributed by atoms with Gasteiger partial charge in [-0.25, -0.2) is 18.2 Å². The molecule has 0 amide bonds. The van der Waals surface area contributed by atoms with Crippen LogP contribution >= 0.6 is 0 Å². The smallest absolute Gasteiger partial charge is 0.305 e. The minimum Gasteiger partial charge on any atom is -0.481 e. The predicted molar refractivity (Wildman–Crippen MR) is 178 cm³/mol. The second-order valence-corrected chi connectivity index (χ2v) is 10.9. The van der Waals surface area contributed by atoms with E-state index in [1.165, 1.54) is 50.5 Å². The average Bonchev–Trinajstić information content (AvgIpc) is 3.44. The number of fused-ring (bicyclic) bond motifs is 1. The highest BCUT2D eigenvalue weighted by atomic mass is 19.2. The normalized spacial score (nSPS) is 11.6. The van der Waals surface area contributed by atoms with Crippen molar-refractivity contribution >= 4 is 18.0 Å². The lowest BCUT2D eigenvalue weighted by Crippen LogP contribution is -2.17. The number of carbonyl (C=O) groups excluding carboxylic acids is 2. The number of ketones is 1. The number of hydrogen-bond donors (Lipinski definition) is 3. The number of aryl methyl sites for hydroxylation is 2.